The third kappa shape index (κ3) is 5.37. The zero-order valence-electron chi connectivity index (χ0n) is 16.0. The van der Waals surface area contributed by atoms with Crippen LogP contribution in [-0.2, 0) is 12.8 Å². The van der Waals surface area contributed by atoms with Gasteiger partial charge in [0, 0.05) is 17.5 Å². The number of benzene rings is 3. The Bertz CT molecular complexity index is 981. The average molecular weight is 348 g/mol. The molecule has 0 saturated carbocycles. The van der Waals surface area contributed by atoms with E-state index in [2.05, 4.69) is 103 Å². The molecule has 0 nitrogen and oxygen atoms in total. The van der Waals surface area contributed by atoms with Crippen molar-refractivity contribution < 1.29 is 0 Å². The Kier molecular flexibility index (Phi) is 6.51. The summed E-state index contributed by atoms with van der Waals surface area (Å²) < 4.78 is 0. The van der Waals surface area contributed by atoms with Crippen molar-refractivity contribution in [1.29, 1.82) is 0 Å². The molecule has 3 rings (SSSR count). The fourth-order valence-electron chi connectivity index (χ4n) is 2.91. The van der Waals surface area contributed by atoms with Gasteiger partial charge in [0.1, 0.15) is 0 Å². The molecule has 0 unspecified atom stereocenters. The van der Waals surface area contributed by atoms with Crippen LogP contribution in [0.2, 0.25) is 0 Å². The highest BCUT2D eigenvalue weighted by atomic mass is 14.0. The van der Waals surface area contributed by atoms with Gasteiger partial charge in [0.2, 0.25) is 0 Å². The van der Waals surface area contributed by atoms with Crippen LogP contribution in [0.5, 0.6) is 0 Å². The van der Waals surface area contributed by atoms with Gasteiger partial charge in [-0.3, -0.25) is 0 Å². The Labute approximate surface area is 163 Å². The summed E-state index contributed by atoms with van der Waals surface area (Å²) in [5.74, 6) is 12.5. The van der Waals surface area contributed by atoms with E-state index in [0.717, 1.165) is 30.4 Å². The van der Waals surface area contributed by atoms with E-state index in [1.54, 1.807) is 0 Å². The third-order valence-electron chi connectivity index (χ3n) is 4.60. The van der Waals surface area contributed by atoms with Gasteiger partial charge in [0.05, 0.1) is 0 Å². The van der Waals surface area contributed by atoms with Crippen LogP contribution in [0.3, 0.4) is 0 Å². The summed E-state index contributed by atoms with van der Waals surface area (Å²) >= 11 is 0. The van der Waals surface area contributed by atoms with Crippen LogP contribution >= 0.6 is 0 Å². The van der Waals surface area contributed by atoms with E-state index in [1.807, 2.05) is 6.92 Å². The highest BCUT2D eigenvalue weighted by molar-refractivity contribution is 5.64. The lowest BCUT2D eigenvalue weighted by atomic mass is 10.0. The van der Waals surface area contributed by atoms with E-state index in [4.69, 9.17) is 0 Å². The second kappa shape index (κ2) is 9.47. The smallest absolute Gasteiger partial charge is 0.0249 e. The molecule has 0 atom stereocenters. The second-order valence-electron chi connectivity index (χ2n) is 6.50. The quantitative estimate of drug-likeness (QED) is 0.487. The highest BCUT2D eigenvalue weighted by Gasteiger charge is 1.98. The van der Waals surface area contributed by atoms with Gasteiger partial charge in [-0.1, -0.05) is 67.3 Å². The lowest BCUT2D eigenvalue weighted by molar-refractivity contribution is 1.03. The van der Waals surface area contributed by atoms with E-state index < -0.39 is 0 Å². The summed E-state index contributed by atoms with van der Waals surface area (Å²) in [4.78, 5) is 0. The number of hydrogen-bond donors (Lipinski definition) is 0. The molecule has 0 spiro atoms. The Morgan fingerprint density at radius 2 is 1.11 bits per heavy atom. The molecule has 132 valence electrons. The Hall–Kier alpha value is -3.22. The molecule has 0 N–H and O–H groups in total. The topological polar surface area (TPSA) is 0 Å². The number of hydrogen-bond acceptors (Lipinski definition) is 0. The van der Waals surface area contributed by atoms with E-state index >= 15 is 0 Å². The monoisotopic (exact) mass is 348 g/mol. The highest BCUT2D eigenvalue weighted by Crippen LogP contribution is 2.20. The normalized spacial score (nSPS) is 9.70. The minimum Gasteiger partial charge on any atom is -0.107 e. The fourth-order valence-corrected chi connectivity index (χ4v) is 2.91. The van der Waals surface area contributed by atoms with Crippen molar-refractivity contribution in [3.8, 4) is 34.8 Å². The van der Waals surface area contributed by atoms with E-state index in [1.165, 1.54) is 22.3 Å². The summed E-state index contributed by atoms with van der Waals surface area (Å²) in [6.07, 6.45) is 2.98. The Morgan fingerprint density at radius 1 is 0.630 bits per heavy atom. The van der Waals surface area contributed by atoms with Crippen LogP contribution < -0.4 is 0 Å². The molecule has 3 aromatic carbocycles. The van der Waals surface area contributed by atoms with Crippen LogP contribution in [-0.4, -0.2) is 0 Å². The summed E-state index contributed by atoms with van der Waals surface area (Å²) in [7, 11) is 0. The van der Waals surface area contributed by atoms with E-state index in [-0.39, 0.29) is 0 Å². The molecule has 3 aromatic rings. The summed E-state index contributed by atoms with van der Waals surface area (Å²) in [5.41, 5.74) is 7.22. The second-order valence-corrected chi connectivity index (χ2v) is 6.50. The van der Waals surface area contributed by atoms with E-state index in [0.29, 0.717) is 0 Å². The maximum Gasteiger partial charge on any atom is 0.0249 e. The maximum atomic E-state index is 3.26. The van der Waals surface area contributed by atoms with Gasteiger partial charge in [0.25, 0.3) is 0 Å². The molecule has 27 heavy (non-hydrogen) atoms. The van der Waals surface area contributed by atoms with Gasteiger partial charge >= 0.3 is 0 Å². The lowest BCUT2D eigenvalue weighted by Gasteiger charge is -2.03. The molecule has 0 heteroatoms. The SMILES string of the molecule is CC#CCCc1ccc(C#Cc2ccc(-c3ccc(CC)cc3)cc2)cc1. The van der Waals surface area contributed by atoms with E-state index in [9.17, 15) is 0 Å². The molecule has 0 fully saturated rings. The van der Waals surface area contributed by atoms with Gasteiger partial charge < -0.3 is 0 Å². The third-order valence-corrected chi connectivity index (χ3v) is 4.60. The van der Waals surface area contributed by atoms with Gasteiger partial charge in [-0.05, 0) is 66.3 Å². The molecule has 0 bridgehead atoms. The molecular weight excluding hydrogens is 324 g/mol. The summed E-state index contributed by atoms with van der Waals surface area (Å²) in [6.45, 7) is 4.06. The van der Waals surface area contributed by atoms with Crippen LogP contribution in [0.25, 0.3) is 11.1 Å². The van der Waals surface area contributed by atoms with Crippen molar-refractivity contribution in [2.24, 2.45) is 0 Å². The predicted octanol–water partition coefficient (Wildman–Crippen LogP) is 6.27. The molecule has 0 aliphatic rings. The lowest BCUT2D eigenvalue weighted by Crippen LogP contribution is -1.84. The molecule has 0 amide bonds. The number of rotatable bonds is 4. The summed E-state index contributed by atoms with van der Waals surface area (Å²) in [6, 6.07) is 25.7. The van der Waals surface area contributed by atoms with Crippen molar-refractivity contribution in [2.45, 2.75) is 33.1 Å². The van der Waals surface area contributed by atoms with Crippen LogP contribution in [0.4, 0.5) is 0 Å². The minimum absolute atomic E-state index is 0.912. The zero-order chi connectivity index (χ0) is 18.9. The molecule has 0 aromatic heterocycles. The van der Waals surface area contributed by atoms with Crippen molar-refractivity contribution in [3.63, 3.8) is 0 Å². The molecule has 0 aliphatic carbocycles. The van der Waals surface area contributed by atoms with Gasteiger partial charge in [-0.2, -0.15) is 0 Å². The van der Waals surface area contributed by atoms with Crippen LogP contribution in [0.15, 0.2) is 72.8 Å². The summed E-state index contributed by atoms with van der Waals surface area (Å²) in [5, 5.41) is 0. The maximum absolute atomic E-state index is 3.26. The van der Waals surface area contributed by atoms with Crippen molar-refractivity contribution >= 4 is 0 Å². The standard InChI is InChI=1S/C27H24/c1-3-5-6-7-23-8-10-24(11-9-23)12-13-25-16-20-27(21-17-25)26-18-14-22(4-2)15-19-26/h8-11,14-21H,4,6-7H2,1-2H3. The minimum atomic E-state index is 0.912. The predicted molar refractivity (Wildman–Crippen MR) is 115 cm³/mol. The first-order valence-corrected chi connectivity index (χ1v) is 9.48. The van der Waals surface area contributed by atoms with Crippen molar-refractivity contribution in [1.82, 2.24) is 0 Å². The molecular formula is C27H24. The van der Waals surface area contributed by atoms with Crippen LogP contribution in [0.1, 0.15) is 42.5 Å². The van der Waals surface area contributed by atoms with Gasteiger partial charge in [0.15, 0.2) is 0 Å². The molecule has 0 saturated heterocycles. The largest absolute Gasteiger partial charge is 0.107 e. The Balaban J connectivity index is 1.66. The van der Waals surface area contributed by atoms with Gasteiger partial charge in [-0.15, -0.1) is 11.8 Å². The average Bonchev–Trinajstić information content (AvgIpc) is 2.74. The Morgan fingerprint density at radius 3 is 1.63 bits per heavy atom. The molecule has 0 radical (unpaired) electrons. The molecule has 0 heterocycles. The van der Waals surface area contributed by atoms with Crippen molar-refractivity contribution in [2.75, 3.05) is 0 Å². The fraction of sp³-hybridized carbons (Fsp3) is 0.185. The van der Waals surface area contributed by atoms with Crippen molar-refractivity contribution in [3.05, 3.63) is 95.1 Å². The van der Waals surface area contributed by atoms with Crippen LogP contribution in [0, 0.1) is 23.7 Å². The first-order valence-electron chi connectivity index (χ1n) is 9.48. The van der Waals surface area contributed by atoms with Gasteiger partial charge in [-0.25, -0.2) is 0 Å². The number of aryl methyl sites for hydroxylation is 2. The zero-order valence-corrected chi connectivity index (χ0v) is 16.0. The first kappa shape index (κ1) is 18.6. The molecule has 0 aliphatic heterocycles. The first-order chi connectivity index (χ1) is 13.3.